The van der Waals surface area contributed by atoms with Gasteiger partial charge in [-0.25, -0.2) is 9.79 Å². The molecule has 2 heterocycles. The summed E-state index contributed by atoms with van der Waals surface area (Å²) in [6.45, 7) is 4.05. The molecule has 0 spiro atoms. The number of rotatable bonds is 9. The minimum absolute atomic E-state index is 0.0228. The van der Waals surface area contributed by atoms with Gasteiger partial charge in [0.25, 0.3) is 0 Å². The summed E-state index contributed by atoms with van der Waals surface area (Å²) < 4.78 is 4.91. The lowest BCUT2D eigenvalue weighted by Gasteiger charge is -2.32. The highest BCUT2D eigenvalue weighted by atomic mass is 16.5. The molecule has 1 saturated heterocycles. The molecule has 1 fully saturated rings. The summed E-state index contributed by atoms with van der Waals surface area (Å²) in [7, 11) is 5.19. The van der Waals surface area contributed by atoms with Gasteiger partial charge in [0.05, 0.1) is 36.2 Å². The van der Waals surface area contributed by atoms with Gasteiger partial charge in [-0.15, -0.1) is 0 Å². The number of methoxy groups -OCH3 is 1. The number of aliphatic hydroxyl groups is 1. The first-order chi connectivity index (χ1) is 20.8. The Bertz CT molecular complexity index is 1620. The van der Waals surface area contributed by atoms with Crippen molar-refractivity contribution in [2.75, 3.05) is 65.4 Å². The van der Waals surface area contributed by atoms with Gasteiger partial charge in [-0.05, 0) is 61.5 Å². The number of carbonyl (C=O) groups excluding carboxylic acids is 2. The molecule has 4 aromatic rings. The second-order valence-corrected chi connectivity index (χ2v) is 10.8. The summed E-state index contributed by atoms with van der Waals surface area (Å²) in [6.07, 6.45) is 0.524. The Morgan fingerprint density at radius 1 is 0.977 bits per heavy atom. The molecule has 224 valence electrons. The highest BCUT2D eigenvalue weighted by Gasteiger charge is 2.22. The maximum atomic E-state index is 13.0. The van der Waals surface area contributed by atoms with Crippen LogP contribution in [0.4, 0.5) is 11.4 Å². The number of fused-ring (bicyclic) bond motifs is 1. The maximum Gasteiger partial charge on any atom is 0.337 e. The normalized spacial score (nSPS) is 14.7. The number of aromatic hydroxyl groups is 1. The van der Waals surface area contributed by atoms with E-state index in [2.05, 4.69) is 21.8 Å². The molecule has 0 radical (unpaired) electrons. The molecule has 3 N–H and O–H groups in total. The zero-order chi connectivity index (χ0) is 30.5. The van der Waals surface area contributed by atoms with Crippen LogP contribution in [-0.2, 0) is 16.0 Å². The molecule has 0 atom stereocenters. The highest BCUT2D eigenvalue weighted by molar-refractivity contribution is 6.22. The molecule has 1 aromatic heterocycles. The number of hydrogen-bond donors (Lipinski definition) is 3. The van der Waals surface area contributed by atoms with Crippen LogP contribution in [0.15, 0.2) is 71.7 Å². The van der Waals surface area contributed by atoms with Crippen LogP contribution in [0.1, 0.15) is 27.0 Å². The van der Waals surface area contributed by atoms with E-state index in [4.69, 9.17) is 9.73 Å². The van der Waals surface area contributed by atoms with Crippen molar-refractivity contribution in [3.8, 4) is 5.88 Å². The maximum absolute atomic E-state index is 13.0. The number of nitrogens with one attached hydrogen (secondary N) is 1. The first-order valence-corrected chi connectivity index (χ1v) is 14.3. The molecule has 10 nitrogen and oxygen atoms in total. The fourth-order valence-electron chi connectivity index (χ4n) is 5.21. The number of likely N-dealkylation sites (N-methyl/N-ethyl adjacent to an activating group) is 2. The fourth-order valence-corrected chi connectivity index (χ4v) is 5.21. The van der Waals surface area contributed by atoms with Crippen LogP contribution in [0, 0.1) is 0 Å². The zero-order valence-corrected chi connectivity index (χ0v) is 24.7. The number of ether oxygens (including phenoxy) is 1. The largest absolute Gasteiger partial charge is 0.494 e. The Morgan fingerprint density at radius 2 is 1.65 bits per heavy atom. The van der Waals surface area contributed by atoms with E-state index in [1.165, 1.54) is 7.11 Å². The number of benzene rings is 3. The summed E-state index contributed by atoms with van der Waals surface area (Å²) >= 11 is 0. The Kier molecular flexibility index (Phi) is 9.20. The quantitative estimate of drug-likeness (QED) is 0.203. The minimum Gasteiger partial charge on any atom is -0.494 e. The van der Waals surface area contributed by atoms with E-state index in [1.54, 1.807) is 30.1 Å². The predicted molar refractivity (Wildman–Crippen MR) is 168 cm³/mol. The third-order valence-corrected chi connectivity index (χ3v) is 7.87. The summed E-state index contributed by atoms with van der Waals surface area (Å²) in [5.41, 5.74) is 5.01. The Balaban J connectivity index is 1.49. The molecular weight excluding hydrogens is 546 g/mol. The van der Waals surface area contributed by atoms with E-state index in [0.717, 1.165) is 43.0 Å². The smallest absolute Gasteiger partial charge is 0.337 e. The standard InChI is InChI=1S/C33H37N5O5/c1-36-15-17-38(18-16-36)21-29(40)37(2)26-11-9-25(10-12-26)34-31(23-6-4-22(5-7-23)14-19-39)30-27-20-24(33(42)43-3)8-13-28(27)35-32(30)41/h4-13,20,35,39,41H,14-19,21H2,1-3H3. The van der Waals surface area contributed by atoms with Crippen molar-refractivity contribution < 1.29 is 24.5 Å². The summed E-state index contributed by atoms with van der Waals surface area (Å²) in [6, 6.07) is 20.0. The molecule has 0 saturated carbocycles. The van der Waals surface area contributed by atoms with Gasteiger partial charge in [0.2, 0.25) is 5.91 Å². The van der Waals surface area contributed by atoms with Crippen molar-refractivity contribution in [1.29, 1.82) is 0 Å². The number of hydrogen-bond acceptors (Lipinski definition) is 8. The molecule has 10 heteroatoms. The number of anilines is 1. The molecular formula is C33H37N5O5. The van der Waals surface area contributed by atoms with Crippen molar-refractivity contribution in [2.24, 2.45) is 4.99 Å². The summed E-state index contributed by atoms with van der Waals surface area (Å²) in [4.78, 5) is 39.3. The Morgan fingerprint density at radius 3 is 2.30 bits per heavy atom. The molecule has 1 aliphatic heterocycles. The number of carbonyl (C=O) groups is 2. The van der Waals surface area contributed by atoms with Crippen molar-refractivity contribution in [1.82, 2.24) is 14.8 Å². The number of aromatic nitrogens is 1. The fraction of sp³-hybridized carbons (Fsp3) is 0.303. The summed E-state index contributed by atoms with van der Waals surface area (Å²) in [5.74, 6) is -0.544. The van der Waals surface area contributed by atoms with E-state index in [0.29, 0.717) is 46.4 Å². The number of aromatic amines is 1. The van der Waals surface area contributed by atoms with Crippen LogP contribution in [-0.4, -0.2) is 103 Å². The van der Waals surface area contributed by atoms with Gasteiger partial charge in [0.1, 0.15) is 0 Å². The van der Waals surface area contributed by atoms with Crippen LogP contribution in [0.5, 0.6) is 5.88 Å². The molecule has 0 unspecified atom stereocenters. The van der Waals surface area contributed by atoms with Gasteiger partial charge < -0.3 is 29.7 Å². The van der Waals surface area contributed by atoms with Crippen LogP contribution in [0.3, 0.4) is 0 Å². The van der Waals surface area contributed by atoms with E-state index in [9.17, 15) is 19.8 Å². The minimum atomic E-state index is -0.484. The van der Waals surface area contributed by atoms with E-state index < -0.39 is 5.97 Å². The monoisotopic (exact) mass is 583 g/mol. The van der Waals surface area contributed by atoms with Gasteiger partial charge in [0.15, 0.2) is 5.88 Å². The molecule has 0 aliphatic carbocycles. The van der Waals surface area contributed by atoms with E-state index >= 15 is 0 Å². The van der Waals surface area contributed by atoms with Crippen molar-refractivity contribution in [3.05, 3.63) is 89.0 Å². The third kappa shape index (κ3) is 6.77. The lowest BCUT2D eigenvalue weighted by atomic mass is 9.98. The average Bonchev–Trinajstić information content (AvgIpc) is 3.35. The first-order valence-electron chi connectivity index (χ1n) is 14.3. The number of aliphatic imine (C=N–C) groups is 1. The SMILES string of the molecule is COC(=O)c1ccc2[nH]c(O)c(C(=Nc3ccc(N(C)C(=O)CN4CCN(C)CC4)cc3)c3ccc(CCO)cc3)c2c1. The van der Waals surface area contributed by atoms with Gasteiger partial charge in [0, 0.05) is 62.0 Å². The first kappa shape index (κ1) is 30.0. The van der Waals surface area contributed by atoms with Crippen molar-refractivity contribution in [2.45, 2.75) is 6.42 Å². The van der Waals surface area contributed by atoms with Gasteiger partial charge in [-0.1, -0.05) is 24.3 Å². The molecule has 3 aromatic carbocycles. The third-order valence-electron chi connectivity index (χ3n) is 7.87. The van der Waals surface area contributed by atoms with Crippen LogP contribution in [0.2, 0.25) is 0 Å². The second kappa shape index (κ2) is 13.2. The number of esters is 1. The van der Waals surface area contributed by atoms with Gasteiger partial charge in [-0.3, -0.25) is 9.69 Å². The lowest BCUT2D eigenvalue weighted by Crippen LogP contribution is -2.48. The van der Waals surface area contributed by atoms with Crippen LogP contribution >= 0.6 is 0 Å². The molecule has 43 heavy (non-hydrogen) atoms. The highest BCUT2D eigenvalue weighted by Crippen LogP contribution is 2.33. The Hall–Kier alpha value is -4.51. The molecule has 5 rings (SSSR count). The van der Waals surface area contributed by atoms with Crippen LogP contribution in [0.25, 0.3) is 10.9 Å². The van der Waals surface area contributed by atoms with Gasteiger partial charge >= 0.3 is 5.97 Å². The predicted octanol–water partition coefficient (Wildman–Crippen LogP) is 3.57. The molecule has 1 amide bonds. The molecule has 1 aliphatic rings. The van der Waals surface area contributed by atoms with E-state index in [-0.39, 0.29) is 18.4 Å². The van der Waals surface area contributed by atoms with Crippen molar-refractivity contribution >= 4 is 39.9 Å². The number of aliphatic hydroxyl groups excluding tert-OH is 1. The number of H-pyrrole nitrogens is 1. The number of nitrogens with zero attached hydrogens (tertiary/aromatic N) is 4. The average molecular weight is 584 g/mol. The second-order valence-electron chi connectivity index (χ2n) is 10.8. The lowest BCUT2D eigenvalue weighted by molar-refractivity contribution is -0.119. The summed E-state index contributed by atoms with van der Waals surface area (Å²) in [5, 5.41) is 21.0. The van der Waals surface area contributed by atoms with E-state index in [1.807, 2.05) is 48.5 Å². The topological polar surface area (TPSA) is 122 Å². The Labute approximate surface area is 250 Å². The number of piperazine rings is 1. The zero-order valence-electron chi connectivity index (χ0n) is 24.7. The number of amides is 1. The van der Waals surface area contributed by atoms with Crippen molar-refractivity contribution in [3.63, 3.8) is 0 Å². The molecule has 0 bridgehead atoms. The van der Waals surface area contributed by atoms with Gasteiger partial charge in [-0.2, -0.15) is 0 Å². The van der Waals surface area contributed by atoms with Crippen LogP contribution < -0.4 is 4.90 Å².